The van der Waals surface area contributed by atoms with Crippen molar-refractivity contribution in [1.29, 1.82) is 0 Å². The van der Waals surface area contributed by atoms with Gasteiger partial charge in [0.15, 0.2) is 0 Å². The average Bonchev–Trinajstić information content (AvgIpc) is 3.00. The minimum absolute atomic E-state index is 0.240. The summed E-state index contributed by atoms with van der Waals surface area (Å²) in [5.41, 5.74) is 0. The van der Waals surface area contributed by atoms with Crippen LogP contribution in [0.2, 0.25) is 0 Å². The molecule has 0 radical (unpaired) electrons. The lowest BCUT2D eigenvalue weighted by Crippen LogP contribution is -2.06. The molecular weight excluding hydrogens is 552 g/mol. The minimum Gasteiger partial charge on any atom is -0.480 e. The molecule has 0 aliphatic carbocycles. The number of aliphatic carboxylic acids is 1. The number of allylic oxidation sites excluding steroid dienone is 10. The van der Waals surface area contributed by atoms with Crippen molar-refractivity contribution < 1.29 is 29.6 Å². The van der Waals surface area contributed by atoms with Gasteiger partial charge in [-0.05, 0) is 58.3 Å². The highest BCUT2D eigenvalue weighted by Crippen LogP contribution is 2.06. The molecule has 6 heteroatoms. The second-order valence-electron chi connectivity index (χ2n) is 10.5. The Labute approximate surface area is 269 Å². The van der Waals surface area contributed by atoms with Crippen molar-refractivity contribution in [3.8, 4) is 0 Å². The predicted molar refractivity (Wildman–Crippen MR) is 187 cm³/mol. The molecule has 1 unspecified atom stereocenters. The fourth-order valence-corrected chi connectivity index (χ4v) is 3.74. The summed E-state index contributed by atoms with van der Waals surface area (Å²) in [5, 5.41) is 27.8. The molecule has 0 aromatic heterocycles. The number of unbranched alkanes of at least 4 members (excludes halogenated alkanes) is 7. The molecule has 252 valence electrons. The van der Waals surface area contributed by atoms with Crippen molar-refractivity contribution >= 4 is 5.97 Å². The first-order valence-corrected chi connectivity index (χ1v) is 16.8. The van der Waals surface area contributed by atoms with E-state index < -0.39 is 5.97 Å². The maximum absolute atomic E-state index is 10.2. The Kier molecular flexibility index (Phi) is 38.2. The number of hydrogen-bond donors (Lipinski definition) is 3. The van der Waals surface area contributed by atoms with E-state index in [4.69, 9.17) is 14.6 Å². The summed E-state index contributed by atoms with van der Waals surface area (Å²) in [6.07, 6.45) is 42.3. The summed E-state index contributed by atoms with van der Waals surface area (Å²) < 4.78 is 10.1. The van der Waals surface area contributed by atoms with Crippen molar-refractivity contribution in [2.24, 2.45) is 0 Å². The quantitative estimate of drug-likeness (QED) is 0.0461. The maximum atomic E-state index is 10.2. The van der Waals surface area contributed by atoms with Crippen LogP contribution in [0.15, 0.2) is 85.1 Å². The molecule has 0 saturated heterocycles. The number of aliphatic hydroxyl groups excluding tert-OH is 2. The van der Waals surface area contributed by atoms with Crippen LogP contribution in [0.4, 0.5) is 0 Å². The van der Waals surface area contributed by atoms with Gasteiger partial charge >= 0.3 is 5.97 Å². The molecule has 0 amide bonds. The Morgan fingerprint density at radius 3 is 1.66 bits per heavy atom. The summed E-state index contributed by atoms with van der Waals surface area (Å²) >= 11 is 0. The zero-order valence-corrected chi connectivity index (χ0v) is 28.0. The highest BCUT2D eigenvalue weighted by atomic mass is 16.5. The Morgan fingerprint density at radius 2 is 1.09 bits per heavy atom. The molecule has 0 fully saturated rings. The molecule has 0 saturated carbocycles. The number of ether oxygens (including phenoxy) is 2. The fourth-order valence-electron chi connectivity index (χ4n) is 3.74. The lowest BCUT2D eigenvalue weighted by Gasteiger charge is -2.03. The monoisotopic (exact) mass is 616 g/mol. The smallest absolute Gasteiger partial charge is 0.329 e. The van der Waals surface area contributed by atoms with Gasteiger partial charge in [0.1, 0.15) is 6.61 Å². The summed E-state index contributed by atoms with van der Waals surface area (Å²) in [6.45, 7) is 7.93. The zero-order valence-electron chi connectivity index (χ0n) is 28.0. The standard InChI is InChI=1S/C19H32O4.C19H32O2/c1-2-3-11-14-18(20)15-12-9-7-5-4-6-8-10-13-16-23-17-19(21)22;1-3-5-13-16-19(20)17-14-11-9-7-6-8-10-12-15-18-21-4-2/h7,9-10,12-13,15,18,20H,2-6,8,11,14,16-17H2,1H3,(H,21,22);6,8-9,11-12,14-15,17,19-20H,3-5,7,10,13,16,18H2,1-2H3/b9-7-,13-10-,15-12+;8-6-,11-9-,15-12-,17-14+/t;19-/m.0/s1. The van der Waals surface area contributed by atoms with Crippen LogP contribution >= 0.6 is 0 Å². The van der Waals surface area contributed by atoms with Crippen molar-refractivity contribution in [1.82, 2.24) is 0 Å². The third-order valence-corrected chi connectivity index (χ3v) is 6.26. The van der Waals surface area contributed by atoms with E-state index in [0.717, 1.165) is 70.8 Å². The van der Waals surface area contributed by atoms with Gasteiger partial charge in [-0.3, -0.25) is 0 Å². The third-order valence-electron chi connectivity index (χ3n) is 6.26. The van der Waals surface area contributed by atoms with Crippen LogP contribution in [-0.2, 0) is 14.3 Å². The highest BCUT2D eigenvalue weighted by molar-refractivity contribution is 5.68. The van der Waals surface area contributed by atoms with E-state index in [1.165, 1.54) is 25.7 Å². The Hall–Kier alpha value is -2.51. The molecular formula is C38H64O6. The Morgan fingerprint density at radius 1 is 0.591 bits per heavy atom. The number of carboxylic acids is 1. The lowest BCUT2D eigenvalue weighted by molar-refractivity contribution is -0.141. The SMILES string of the molecule is CCCCCC(O)/C=C/C=C\CCCC/C=C\COCC(=O)O.CCCCC[C@H](O)/C=C/C=C\C/C=C\C/C=C\COCC. The largest absolute Gasteiger partial charge is 0.480 e. The molecule has 0 aromatic rings. The molecule has 3 N–H and O–H groups in total. The Bertz CT molecular complexity index is 806. The van der Waals surface area contributed by atoms with E-state index in [-0.39, 0.29) is 18.8 Å². The van der Waals surface area contributed by atoms with Crippen molar-refractivity contribution in [2.45, 2.75) is 123 Å². The summed E-state index contributed by atoms with van der Waals surface area (Å²) in [7, 11) is 0. The van der Waals surface area contributed by atoms with E-state index in [1.54, 1.807) is 0 Å². The van der Waals surface area contributed by atoms with Crippen LogP contribution in [0.5, 0.6) is 0 Å². The molecule has 0 aliphatic rings. The molecule has 0 aliphatic heterocycles. The van der Waals surface area contributed by atoms with Crippen LogP contribution in [-0.4, -0.2) is 59.9 Å². The first-order valence-electron chi connectivity index (χ1n) is 16.8. The van der Waals surface area contributed by atoms with E-state index in [9.17, 15) is 15.0 Å². The van der Waals surface area contributed by atoms with Gasteiger partial charge in [-0.15, -0.1) is 0 Å². The van der Waals surface area contributed by atoms with Gasteiger partial charge < -0.3 is 24.8 Å². The number of rotatable bonds is 28. The van der Waals surface area contributed by atoms with Crippen LogP contribution in [0.1, 0.15) is 111 Å². The normalized spacial score (nSPS) is 13.8. The zero-order chi connectivity index (χ0) is 32.8. The molecule has 0 spiro atoms. The van der Waals surface area contributed by atoms with E-state index in [0.29, 0.717) is 13.2 Å². The first kappa shape index (κ1) is 43.6. The van der Waals surface area contributed by atoms with Crippen LogP contribution in [0, 0.1) is 0 Å². The van der Waals surface area contributed by atoms with Crippen LogP contribution < -0.4 is 0 Å². The lowest BCUT2D eigenvalue weighted by atomic mass is 10.1. The van der Waals surface area contributed by atoms with Crippen molar-refractivity contribution in [3.63, 3.8) is 0 Å². The molecule has 6 nitrogen and oxygen atoms in total. The average molecular weight is 617 g/mol. The van der Waals surface area contributed by atoms with Crippen LogP contribution in [0.3, 0.4) is 0 Å². The molecule has 0 aromatic carbocycles. The van der Waals surface area contributed by atoms with Gasteiger partial charge in [0.05, 0.1) is 25.4 Å². The number of carboxylic acid groups (broad SMARTS) is 1. The van der Waals surface area contributed by atoms with Crippen LogP contribution in [0.25, 0.3) is 0 Å². The van der Waals surface area contributed by atoms with Gasteiger partial charge in [0.25, 0.3) is 0 Å². The van der Waals surface area contributed by atoms with Gasteiger partial charge in [0, 0.05) is 6.61 Å². The van der Waals surface area contributed by atoms with Gasteiger partial charge in [-0.1, -0.05) is 137 Å². The second-order valence-corrected chi connectivity index (χ2v) is 10.5. The highest BCUT2D eigenvalue weighted by Gasteiger charge is 1.97. The second kappa shape index (κ2) is 38.5. The number of carbonyl (C=O) groups is 1. The number of hydrogen-bond acceptors (Lipinski definition) is 5. The minimum atomic E-state index is -0.937. The van der Waals surface area contributed by atoms with E-state index >= 15 is 0 Å². The molecule has 0 heterocycles. The first-order chi connectivity index (χ1) is 21.5. The summed E-state index contributed by atoms with van der Waals surface area (Å²) in [5.74, 6) is -0.937. The molecule has 2 atom stereocenters. The van der Waals surface area contributed by atoms with E-state index in [2.05, 4.69) is 44.2 Å². The maximum Gasteiger partial charge on any atom is 0.329 e. The summed E-state index contributed by atoms with van der Waals surface area (Å²) in [6, 6.07) is 0. The van der Waals surface area contributed by atoms with Crippen molar-refractivity contribution in [2.75, 3.05) is 26.4 Å². The predicted octanol–water partition coefficient (Wildman–Crippen LogP) is 9.23. The van der Waals surface area contributed by atoms with Crippen molar-refractivity contribution in [3.05, 3.63) is 85.1 Å². The topological polar surface area (TPSA) is 96.2 Å². The fraction of sp³-hybridized carbons (Fsp3) is 0.605. The number of aliphatic hydroxyl groups is 2. The summed E-state index contributed by atoms with van der Waals surface area (Å²) in [4.78, 5) is 10.2. The Balaban J connectivity index is 0. The molecule has 44 heavy (non-hydrogen) atoms. The van der Waals surface area contributed by atoms with Gasteiger partial charge in [0.2, 0.25) is 0 Å². The van der Waals surface area contributed by atoms with E-state index in [1.807, 2.05) is 61.6 Å². The van der Waals surface area contributed by atoms with Gasteiger partial charge in [-0.2, -0.15) is 0 Å². The van der Waals surface area contributed by atoms with Gasteiger partial charge in [-0.25, -0.2) is 4.79 Å². The molecule has 0 rings (SSSR count). The molecule has 0 bridgehead atoms. The third kappa shape index (κ3) is 41.6.